The highest BCUT2D eigenvalue weighted by Crippen LogP contribution is 2.23. The van der Waals surface area contributed by atoms with Crippen molar-refractivity contribution >= 4 is 29.0 Å². The van der Waals surface area contributed by atoms with E-state index in [4.69, 9.17) is 5.73 Å². The van der Waals surface area contributed by atoms with E-state index < -0.39 is 0 Å². The van der Waals surface area contributed by atoms with Gasteiger partial charge in [-0.05, 0) is 43.9 Å². The molecule has 0 fully saturated rings. The molecule has 0 aromatic carbocycles. The molecule has 1 aromatic rings. The Morgan fingerprint density at radius 2 is 2.30 bits per heavy atom. The van der Waals surface area contributed by atoms with Crippen molar-refractivity contribution in [2.75, 3.05) is 25.6 Å². The number of rotatable bonds is 5. The first kappa shape index (κ1) is 17.1. The van der Waals surface area contributed by atoms with Crippen LogP contribution in [0.15, 0.2) is 6.07 Å². The highest BCUT2D eigenvalue weighted by atomic mass is 32.2. The van der Waals surface area contributed by atoms with Crippen molar-refractivity contribution in [1.29, 1.82) is 0 Å². The standard InChI is InChI=1S/C15H22N2OS2/c1-11-10-14(20-13(11)6-5-8-16)15(18)17(3)12(2)7-9-19-4/h10,12H,7-9,16H2,1-4H3. The van der Waals surface area contributed by atoms with Crippen LogP contribution in [0.3, 0.4) is 0 Å². The number of hydrogen-bond acceptors (Lipinski definition) is 4. The molecule has 0 saturated heterocycles. The Hall–Kier alpha value is -0.960. The summed E-state index contributed by atoms with van der Waals surface area (Å²) >= 11 is 3.26. The Labute approximate surface area is 129 Å². The van der Waals surface area contributed by atoms with Crippen LogP contribution in [0.2, 0.25) is 0 Å². The molecule has 1 atom stereocenters. The van der Waals surface area contributed by atoms with Crippen molar-refractivity contribution in [3.63, 3.8) is 0 Å². The van der Waals surface area contributed by atoms with Crippen LogP contribution in [0.5, 0.6) is 0 Å². The van der Waals surface area contributed by atoms with Gasteiger partial charge in [0.05, 0.1) is 16.3 Å². The van der Waals surface area contributed by atoms with E-state index >= 15 is 0 Å². The maximum absolute atomic E-state index is 12.4. The number of carbonyl (C=O) groups excluding carboxylic acids is 1. The molecule has 0 radical (unpaired) electrons. The smallest absolute Gasteiger partial charge is 0.263 e. The first-order valence-electron chi connectivity index (χ1n) is 6.56. The van der Waals surface area contributed by atoms with Crippen molar-refractivity contribution < 1.29 is 4.79 Å². The second-order valence-electron chi connectivity index (χ2n) is 4.68. The summed E-state index contributed by atoms with van der Waals surface area (Å²) in [6, 6.07) is 2.17. The maximum Gasteiger partial charge on any atom is 0.263 e. The normalized spacial score (nSPS) is 11.7. The summed E-state index contributed by atoms with van der Waals surface area (Å²) in [6.45, 7) is 4.40. The Morgan fingerprint density at radius 3 is 2.90 bits per heavy atom. The summed E-state index contributed by atoms with van der Waals surface area (Å²) < 4.78 is 0. The summed E-state index contributed by atoms with van der Waals surface area (Å²) in [4.78, 5) is 16.0. The zero-order valence-corrected chi connectivity index (χ0v) is 14.2. The topological polar surface area (TPSA) is 46.3 Å². The van der Waals surface area contributed by atoms with Gasteiger partial charge in [-0.3, -0.25) is 4.79 Å². The summed E-state index contributed by atoms with van der Waals surface area (Å²) in [5, 5.41) is 0. The van der Waals surface area contributed by atoms with Crippen molar-refractivity contribution in [3.05, 3.63) is 21.4 Å². The lowest BCUT2D eigenvalue weighted by Crippen LogP contribution is -2.35. The number of carbonyl (C=O) groups is 1. The molecule has 20 heavy (non-hydrogen) atoms. The molecule has 5 heteroatoms. The zero-order chi connectivity index (χ0) is 15.1. The average molecular weight is 310 g/mol. The lowest BCUT2D eigenvalue weighted by atomic mass is 10.2. The van der Waals surface area contributed by atoms with Crippen LogP contribution in [0.1, 0.15) is 33.5 Å². The Kier molecular flexibility index (Phi) is 7.14. The lowest BCUT2D eigenvalue weighted by molar-refractivity contribution is 0.0746. The molecule has 1 unspecified atom stereocenters. The van der Waals surface area contributed by atoms with Crippen LogP contribution < -0.4 is 5.73 Å². The molecule has 110 valence electrons. The van der Waals surface area contributed by atoms with Gasteiger partial charge in [0, 0.05) is 13.1 Å². The first-order valence-corrected chi connectivity index (χ1v) is 8.77. The third-order valence-electron chi connectivity index (χ3n) is 3.15. The lowest BCUT2D eigenvalue weighted by Gasteiger charge is -2.24. The van der Waals surface area contributed by atoms with Crippen molar-refractivity contribution in [1.82, 2.24) is 4.90 Å². The monoisotopic (exact) mass is 310 g/mol. The zero-order valence-electron chi connectivity index (χ0n) is 12.5. The summed E-state index contributed by atoms with van der Waals surface area (Å²) in [5.41, 5.74) is 6.43. The van der Waals surface area contributed by atoms with Crippen molar-refractivity contribution in [2.45, 2.75) is 26.3 Å². The molecule has 1 rings (SSSR count). The molecule has 1 heterocycles. The van der Waals surface area contributed by atoms with Gasteiger partial charge in [0.25, 0.3) is 5.91 Å². The van der Waals surface area contributed by atoms with Gasteiger partial charge < -0.3 is 10.6 Å². The van der Waals surface area contributed by atoms with Gasteiger partial charge in [-0.25, -0.2) is 0 Å². The van der Waals surface area contributed by atoms with Crippen LogP contribution in [-0.2, 0) is 0 Å². The van der Waals surface area contributed by atoms with Gasteiger partial charge in [0.2, 0.25) is 0 Å². The third-order valence-corrected chi connectivity index (χ3v) is 4.94. The minimum Gasteiger partial charge on any atom is -0.338 e. The molecular formula is C15H22N2OS2. The van der Waals surface area contributed by atoms with E-state index in [1.807, 2.05) is 24.9 Å². The van der Waals surface area contributed by atoms with E-state index in [1.54, 1.807) is 11.8 Å². The molecule has 0 aliphatic heterocycles. The van der Waals surface area contributed by atoms with Crippen molar-refractivity contribution in [2.24, 2.45) is 5.73 Å². The minimum atomic E-state index is 0.0764. The molecule has 0 spiro atoms. The molecular weight excluding hydrogens is 288 g/mol. The molecule has 0 saturated carbocycles. The number of thioether (sulfide) groups is 1. The van der Waals surface area contributed by atoms with Crippen LogP contribution >= 0.6 is 23.1 Å². The van der Waals surface area contributed by atoms with Gasteiger partial charge in [-0.2, -0.15) is 11.8 Å². The number of aryl methyl sites for hydroxylation is 1. The van der Waals surface area contributed by atoms with E-state index in [0.29, 0.717) is 6.54 Å². The van der Waals surface area contributed by atoms with Gasteiger partial charge in [-0.1, -0.05) is 11.8 Å². The molecule has 0 aliphatic carbocycles. The second kappa shape index (κ2) is 8.35. The van der Waals surface area contributed by atoms with Crippen molar-refractivity contribution in [3.8, 4) is 11.8 Å². The number of thiophene rings is 1. The number of hydrogen-bond donors (Lipinski definition) is 1. The Balaban J connectivity index is 2.81. The number of amides is 1. The molecule has 0 bridgehead atoms. The molecule has 3 nitrogen and oxygen atoms in total. The fourth-order valence-corrected chi connectivity index (χ4v) is 3.31. The Bertz CT molecular complexity index is 514. The number of nitrogens with zero attached hydrogens (tertiary/aromatic N) is 1. The summed E-state index contributed by atoms with van der Waals surface area (Å²) in [7, 11) is 1.87. The summed E-state index contributed by atoms with van der Waals surface area (Å²) in [5.74, 6) is 7.00. The third kappa shape index (κ3) is 4.55. The van der Waals surface area contributed by atoms with Crippen LogP contribution in [0, 0.1) is 18.8 Å². The quantitative estimate of drug-likeness (QED) is 0.850. The van der Waals surface area contributed by atoms with Gasteiger partial charge in [0.15, 0.2) is 0 Å². The summed E-state index contributed by atoms with van der Waals surface area (Å²) in [6.07, 6.45) is 3.09. The van der Waals surface area contributed by atoms with Crippen LogP contribution in [0.4, 0.5) is 0 Å². The van der Waals surface area contributed by atoms with Crippen LogP contribution in [0.25, 0.3) is 0 Å². The predicted molar refractivity (Wildman–Crippen MR) is 89.5 cm³/mol. The van der Waals surface area contributed by atoms with E-state index in [9.17, 15) is 4.79 Å². The first-order chi connectivity index (χ1) is 9.51. The molecule has 0 aliphatic rings. The van der Waals surface area contributed by atoms with Gasteiger partial charge >= 0.3 is 0 Å². The van der Waals surface area contributed by atoms with E-state index in [-0.39, 0.29) is 11.9 Å². The minimum absolute atomic E-state index is 0.0764. The molecule has 2 N–H and O–H groups in total. The highest BCUT2D eigenvalue weighted by molar-refractivity contribution is 7.98. The fourth-order valence-electron chi connectivity index (χ4n) is 1.70. The predicted octanol–water partition coefficient (Wildman–Crippen LogP) is 2.58. The Morgan fingerprint density at radius 1 is 1.60 bits per heavy atom. The van der Waals surface area contributed by atoms with E-state index in [1.165, 1.54) is 11.3 Å². The maximum atomic E-state index is 12.4. The average Bonchev–Trinajstić information content (AvgIpc) is 2.82. The van der Waals surface area contributed by atoms with Gasteiger partial charge in [-0.15, -0.1) is 11.3 Å². The SMILES string of the molecule is CSCCC(C)N(C)C(=O)c1cc(C)c(C#CCN)s1. The molecule has 1 amide bonds. The van der Waals surface area contributed by atoms with Crippen LogP contribution in [-0.4, -0.2) is 42.4 Å². The second-order valence-corrected chi connectivity index (χ2v) is 6.71. The van der Waals surface area contributed by atoms with Gasteiger partial charge in [0.1, 0.15) is 0 Å². The number of nitrogens with two attached hydrogens (primary N) is 1. The molecule has 1 aromatic heterocycles. The van der Waals surface area contributed by atoms with E-state index in [0.717, 1.165) is 27.5 Å². The largest absolute Gasteiger partial charge is 0.338 e. The highest BCUT2D eigenvalue weighted by Gasteiger charge is 2.19. The van der Waals surface area contributed by atoms with E-state index in [2.05, 4.69) is 25.0 Å². The fraction of sp³-hybridized carbons (Fsp3) is 0.533.